The SMILES string of the molecule is CO[C@@H]1[C@@H](O)[C@H](O[C@@H]2[C@@H](O)[C@H](O[C@H]3[C@H](O)[C@@H](O[C@@H]4OC[C@@H](O)[C@H](O)[C@H]4O)[C@H](O[C@H]4[C@H](O[C@H]5CC[C@]6(C)[C@@H]7CC[C@]8(C)[C@@H]([C@@](C)(O)C(=O)/C=C/C(C)(C)O)CC[C@@]8(C)C7=CC[C@H]6C5(C)C)OC[C@@H](O)[C@@H]4OS(=O)(=O)[O-])O[C@@H]3C)O[C@H](COS(=O)(=O)[O-])[C@H]2O)O[C@H](COS(=O)(=O)[O-])[C@H]1O.[Na+].[Na+].[Na+]. The zero-order chi connectivity index (χ0) is 72.0. The molecule has 560 valence electrons. The van der Waals surface area contributed by atoms with Crippen LogP contribution in [0.15, 0.2) is 23.8 Å². The summed E-state index contributed by atoms with van der Waals surface area (Å²) in [5, 5.41) is 124. The molecule has 9 aliphatic rings. The Bertz CT molecular complexity index is 3190. The monoisotopic (exact) mass is 1530 g/mol. The van der Waals surface area contributed by atoms with Crippen LogP contribution in [0.4, 0.5) is 0 Å². The third-order valence-corrected chi connectivity index (χ3v) is 23.5. The third kappa shape index (κ3) is 18.9. The van der Waals surface area contributed by atoms with Crippen molar-refractivity contribution in [2.24, 2.45) is 39.4 Å². The average molecular weight is 1530 g/mol. The van der Waals surface area contributed by atoms with Crippen molar-refractivity contribution in [1.29, 1.82) is 0 Å². The van der Waals surface area contributed by atoms with Gasteiger partial charge in [-0.1, -0.05) is 52.3 Å². The molecule has 5 aliphatic heterocycles. The number of aliphatic hydroxyl groups excluding tert-OH is 9. The second-order valence-electron chi connectivity index (χ2n) is 29.1. The van der Waals surface area contributed by atoms with E-state index in [1.165, 1.54) is 38.5 Å². The van der Waals surface area contributed by atoms with Crippen LogP contribution in [-0.2, 0) is 101 Å². The van der Waals surface area contributed by atoms with E-state index in [1.807, 2.05) is 13.8 Å². The molecule has 31 atom stereocenters. The van der Waals surface area contributed by atoms with Crippen molar-refractivity contribution in [3.63, 3.8) is 0 Å². The number of hydrogen-bond acceptors (Lipinski definition) is 35. The molecule has 0 unspecified atom stereocenters. The Morgan fingerprint density at radius 3 is 1.68 bits per heavy atom. The maximum Gasteiger partial charge on any atom is 1.00 e. The van der Waals surface area contributed by atoms with Gasteiger partial charge in [-0.05, 0) is 112 Å². The van der Waals surface area contributed by atoms with Gasteiger partial charge < -0.3 is 122 Å². The van der Waals surface area contributed by atoms with Gasteiger partial charge in [0.25, 0.3) is 0 Å². The van der Waals surface area contributed by atoms with E-state index >= 15 is 0 Å². The van der Waals surface area contributed by atoms with E-state index in [0.29, 0.717) is 38.5 Å². The smallest absolute Gasteiger partial charge is 0.726 e. The number of carbonyl (C=O) groups is 1. The van der Waals surface area contributed by atoms with Crippen LogP contribution in [0.25, 0.3) is 0 Å². The number of rotatable bonds is 23. The zero-order valence-corrected chi connectivity index (χ0v) is 66.5. The van der Waals surface area contributed by atoms with Crippen molar-refractivity contribution in [2.45, 2.75) is 266 Å². The fourth-order valence-corrected chi connectivity index (χ4v) is 18.0. The average Bonchev–Trinajstić information content (AvgIpc) is 1.38. The van der Waals surface area contributed by atoms with Gasteiger partial charge in [0.2, 0.25) is 31.2 Å². The Balaban J connectivity index is 0.00000525. The molecular formula is C59H93Na3O35S3. The molecule has 5 heterocycles. The first kappa shape index (κ1) is 89.8. The Kier molecular flexibility index (Phi) is 30.4. The molecule has 0 radical (unpaired) electrons. The van der Waals surface area contributed by atoms with Gasteiger partial charge in [-0.15, -0.1) is 0 Å². The van der Waals surface area contributed by atoms with E-state index in [0.717, 1.165) is 13.5 Å². The Morgan fingerprint density at radius 1 is 0.590 bits per heavy atom. The van der Waals surface area contributed by atoms with Crippen LogP contribution >= 0.6 is 0 Å². The largest absolute Gasteiger partial charge is 1.00 e. The second kappa shape index (κ2) is 33.8. The molecule has 41 heteroatoms. The molecule has 0 aromatic rings. The van der Waals surface area contributed by atoms with Gasteiger partial charge in [-0.3, -0.25) is 17.3 Å². The van der Waals surface area contributed by atoms with Gasteiger partial charge in [0.1, 0.15) is 109 Å². The Hall–Kier alpha value is 0.880. The summed E-state index contributed by atoms with van der Waals surface area (Å²) in [6.45, 7) is 12.5. The summed E-state index contributed by atoms with van der Waals surface area (Å²) < 4.78 is 186. The van der Waals surface area contributed by atoms with Crippen LogP contribution in [0.2, 0.25) is 0 Å². The maximum absolute atomic E-state index is 13.7. The van der Waals surface area contributed by atoms with Crippen molar-refractivity contribution >= 4 is 37.0 Å². The zero-order valence-electron chi connectivity index (χ0n) is 58.0. The van der Waals surface area contributed by atoms with E-state index in [-0.39, 0.29) is 106 Å². The second-order valence-corrected chi connectivity index (χ2v) is 32.2. The molecular weight excluding hydrogens is 1430 g/mol. The van der Waals surface area contributed by atoms with Gasteiger partial charge in [0.05, 0.1) is 44.2 Å². The molecule has 0 amide bonds. The predicted molar refractivity (Wildman–Crippen MR) is 316 cm³/mol. The summed E-state index contributed by atoms with van der Waals surface area (Å²) in [5.74, 6) is -0.980. The van der Waals surface area contributed by atoms with Crippen LogP contribution in [-0.4, -0.2) is 293 Å². The molecule has 0 spiro atoms. The third-order valence-electron chi connectivity index (χ3n) is 22.2. The van der Waals surface area contributed by atoms with Crippen LogP contribution < -0.4 is 88.7 Å². The molecule has 0 aromatic heterocycles. The molecule has 0 aromatic carbocycles. The van der Waals surface area contributed by atoms with Crippen LogP contribution in [0, 0.1) is 39.4 Å². The molecule has 8 fully saturated rings. The van der Waals surface area contributed by atoms with Gasteiger partial charge in [0.15, 0.2) is 37.2 Å². The summed E-state index contributed by atoms with van der Waals surface area (Å²) in [6.07, 6.45) is -38.7. The Labute approximate surface area is 647 Å². The van der Waals surface area contributed by atoms with E-state index in [2.05, 4.69) is 35.2 Å². The molecule has 4 aliphatic carbocycles. The van der Waals surface area contributed by atoms with Crippen molar-refractivity contribution in [2.75, 3.05) is 33.5 Å². The summed E-state index contributed by atoms with van der Waals surface area (Å²) in [5.41, 5.74) is -3.84. The summed E-state index contributed by atoms with van der Waals surface area (Å²) >= 11 is 0. The van der Waals surface area contributed by atoms with Gasteiger partial charge in [0, 0.05) is 13.0 Å². The summed E-state index contributed by atoms with van der Waals surface area (Å²) in [4.78, 5) is 13.7. The van der Waals surface area contributed by atoms with Gasteiger partial charge in [-0.2, -0.15) is 0 Å². The van der Waals surface area contributed by atoms with Gasteiger partial charge >= 0.3 is 88.7 Å². The normalized spacial score (nSPS) is 45.3. The number of hydrogen-bond donors (Lipinski definition) is 11. The first-order chi connectivity index (χ1) is 44.7. The van der Waals surface area contributed by atoms with Crippen LogP contribution in [0.3, 0.4) is 0 Å². The Morgan fingerprint density at radius 2 is 1.12 bits per heavy atom. The number of methoxy groups -OCH3 is 1. The predicted octanol–water partition coefficient (Wildman–Crippen LogP) is -12.9. The summed E-state index contributed by atoms with van der Waals surface area (Å²) in [7, 11) is -15.8. The van der Waals surface area contributed by atoms with Crippen LogP contribution in [0.5, 0.6) is 0 Å². The number of allylic oxidation sites excluding steroid dienone is 2. The minimum Gasteiger partial charge on any atom is -0.726 e. The van der Waals surface area contributed by atoms with Crippen LogP contribution in [0.1, 0.15) is 107 Å². The van der Waals surface area contributed by atoms with Crippen molar-refractivity contribution in [1.82, 2.24) is 0 Å². The molecule has 100 heavy (non-hydrogen) atoms. The number of aliphatic hydroxyl groups is 11. The first-order valence-corrected chi connectivity index (χ1v) is 36.0. The minimum absolute atomic E-state index is 0. The topological polar surface area (TPSA) is 540 Å². The number of ketones is 1. The molecule has 3 saturated carbocycles. The van der Waals surface area contributed by atoms with Crippen molar-refractivity contribution in [3.05, 3.63) is 23.8 Å². The molecule has 35 nitrogen and oxygen atoms in total. The number of carbonyl (C=O) groups excluding carboxylic acids is 1. The van der Waals surface area contributed by atoms with Gasteiger partial charge in [-0.25, -0.2) is 25.3 Å². The minimum atomic E-state index is -5.75. The van der Waals surface area contributed by atoms with E-state index in [1.54, 1.807) is 6.92 Å². The van der Waals surface area contributed by atoms with E-state index < -0.39 is 244 Å². The maximum atomic E-state index is 13.7. The van der Waals surface area contributed by atoms with E-state index in [4.69, 9.17) is 56.3 Å². The summed E-state index contributed by atoms with van der Waals surface area (Å²) in [6, 6.07) is 0. The van der Waals surface area contributed by atoms with Crippen molar-refractivity contribution in [3.8, 4) is 0 Å². The van der Waals surface area contributed by atoms with E-state index in [9.17, 15) is 99.9 Å². The molecule has 0 bridgehead atoms. The fourth-order valence-electron chi connectivity index (χ4n) is 16.9. The molecule has 11 N–H and O–H groups in total. The quantitative estimate of drug-likeness (QED) is 0.0149. The fraction of sp³-hybridized carbons (Fsp3) is 0.915. The van der Waals surface area contributed by atoms with Crippen molar-refractivity contribution < 1.29 is 253 Å². The number of ether oxygens (including phenoxy) is 11. The first-order valence-electron chi connectivity index (χ1n) is 32.0. The molecule has 5 saturated heterocycles. The standard InChI is InChI=1S/C59H96O35S3.3Na/c1-25-43(90-51-42(69)46(38(65)31(88-51)24-85-96(75,76)77)91-50-41(68)45(81-10)37(64)30(87-50)23-84-95(72,73)74)40(67)47(92-49-39(66)36(63)28(60)21-82-49)53(86-25)93-48-44(94-97(78,79)80)29(61)22-83-52(48)89-35-16-18-56(6)26-13-19-58(8)33(59(9,71)34(62)15-17-54(2,3)70)14-20-57(58,7)27(26)11-12-32(56)55(35,4)5;;;/h11,15,17,25-26,28-33,35-53,60-61,63-71H,12-14,16,18-24H2,1-10H3,(H,72,73,74)(H,75,76,77)(H,78,79,80);;;/q;3*+1/p-3/b17-15+;;;/t25-,26-,28-,29-,30-,31-,32+,33+,35+,36+,37-,38-,39-,40+,41-,42-,43-,44+,45+,46+,47-,48-,49+,50+,51+,52+,53+,56-,57+,58-,59-;;;/m1.../s1. The molecule has 9 rings (SSSR count). The number of fused-ring (bicyclic) bond motifs is 5.